The zero-order chi connectivity index (χ0) is 15.8. The van der Waals surface area contributed by atoms with Crippen LogP contribution in [0.25, 0.3) is 0 Å². The lowest BCUT2D eigenvalue weighted by molar-refractivity contribution is -0.144. The maximum atomic E-state index is 12.1. The van der Waals surface area contributed by atoms with Crippen LogP contribution in [0, 0.1) is 5.92 Å². The second-order valence-electron chi connectivity index (χ2n) is 5.79. The van der Waals surface area contributed by atoms with E-state index in [9.17, 15) is 9.59 Å². The van der Waals surface area contributed by atoms with Crippen molar-refractivity contribution in [3.63, 3.8) is 0 Å². The van der Waals surface area contributed by atoms with Gasteiger partial charge in [0.2, 0.25) is 5.91 Å². The maximum absolute atomic E-state index is 12.1. The van der Waals surface area contributed by atoms with E-state index in [4.69, 9.17) is 10.5 Å². The lowest BCUT2D eigenvalue weighted by Crippen LogP contribution is -2.40. The third-order valence-electron chi connectivity index (χ3n) is 4.04. The fourth-order valence-corrected chi connectivity index (χ4v) is 3.41. The summed E-state index contributed by atoms with van der Waals surface area (Å²) in [6.07, 6.45) is 4.58. The highest BCUT2D eigenvalue weighted by atomic mass is 32.2. The predicted octanol–water partition coefficient (Wildman–Crippen LogP) is 1.65. The first kappa shape index (κ1) is 18.3. The van der Waals surface area contributed by atoms with E-state index >= 15 is 0 Å². The first-order chi connectivity index (χ1) is 9.95. The van der Waals surface area contributed by atoms with Gasteiger partial charge in [-0.25, -0.2) is 0 Å². The van der Waals surface area contributed by atoms with Gasteiger partial charge in [0, 0.05) is 18.8 Å². The van der Waals surface area contributed by atoms with Crippen LogP contribution in [0.15, 0.2) is 0 Å². The van der Waals surface area contributed by atoms with Crippen molar-refractivity contribution in [1.82, 2.24) is 4.90 Å². The molecule has 5 nitrogen and oxygen atoms in total. The van der Waals surface area contributed by atoms with Gasteiger partial charge < -0.3 is 15.4 Å². The molecule has 0 aromatic heterocycles. The van der Waals surface area contributed by atoms with Gasteiger partial charge in [-0.3, -0.25) is 9.59 Å². The van der Waals surface area contributed by atoms with E-state index in [0.717, 1.165) is 18.8 Å². The van der Waals surface area contributed by atoms with E-state index in [-0.39, 0.29) is 5.91 Å². The van der Waals surface area contributed by atoms with E-state index in [1.54, 1.807) is 6.92 Å². The van der Waals surface area contributed by atoms with Crippen LogP contribution in [0.4, 0.5) is 0 Å². The smallest absolute Gasteiger partial charge is 0.323 e. The zero-order valence-corrected chi connectivity index (χ0v) is 14.2. The fraction of sp³-hybridized carbons (Fsp3) is 0.867. The minimum atomic E-state index is -0.649. The molecule has 122 valence electrons. The molecule has 0 saturated heterocycles. The third-order valence-corrected chi connectivity index (χ3v) is 5.08. The number of carbonyl (C=O) groups excluding carboxylic acids is 2. The Morgan fingerprint density at radius 3 is 2.52 bits per heavy atom. The van der Waals surface area contributed by atoms with Gasteiger partial charge in [0.1, 0.15) is 6.04 Å². The van der Waals surface area contributed by atoms with Crippen molar-refractivity contribution in [1.29, 1.82) is 0 Å². The van der Waals surface area contributed by atoms with Crippen LogP contribution in [0.2, 0.25) is 0 Å². The van der Waals surface area contributed by atoms with E-state index in [1.807, 2.05) is 11.9 Å². The number of rotatable bonds is 7. The Bertz CT molecular complexity index is 344. The standard InChI is InChI=1S/C15H28N2O3S/c1-4-20-15(19)13(16)9-21-10-14(18)17(3)12-7-5-11(2)6-8-12/h11-13H,4-10,16H2,1-3H3. The summed E-state index contributed by atoms with van der Waals surface area (Å²) in [5.41, 5.74) is 5.70. The molecule has 0 aromatic carbocycles. The Morgan fingerprint density at radius 2 is 1.95 bits per heavy atom. The molecule has 1 aliphatic rings. The summed E-state index contributed by atoms with van der Waals surface area (Å²) in [5, 5.41) is 0. The molecule has 0 aliphatic heterocycles. The molecule has 1 amide bonds. The topological polar surface area (TPSA) is 72.6 Å². The van der Waals surface area contributed by atoms with Crippen molar-refractivity contribution >= 4 is 23.6 Å². The highest BCUT2D eigenvalue weighted by molar-refractivity contribution is 8.00. The molecule has 1 rings (SSSR count). The molecule has 0 spiro atoms. The van der Waals surface area contributed by atoms with Crippen LogP contribution in [0.5, 0.6) is 0 Å². The van der Waals surface area contributed by atoms with Gasteiger partial charge >= 0.3 is 5.97 Å². The molecule has 6 heteroatoms. The summed E-state index contributed by atoms with van der Waals surface area (Å²) < 4.78 is 4.84. The molecule has 2 N–H and O–H groups in total. The van der Waals surface area contributed by atoms with Crippen molar-refractivity contribution in [3.8, 4) is 0 Å². The zero-order valence-electron chi connectivity index (χ0n) is 13.3. The van der Waals surface area contributed by atoms with E-state index in [2.05, 4.69) is 6.92 Å². The van der Waals surface area contributed by atoms with E-state index in [0.29, 0.717) is 24.2 Å². The summed E-state index contributed by atoms with van der Waals surface area (Å²) in [6.45, 7) is 4.35. The Labute approximate surface area is 132 Å². The summed E-state index contributed by atoms with van der Waals surface area (Å²) in [6, 6.07) is -0.281. The van der Waals surface area contributed by atoms with Crippen LogP contribution < -0.4 is 5.73 Å². The first-order valence-corrected chi connectivity index (χ1v) is 8.86. The van der Waals surface area contributed by atoms with Crippen LogP contribution >= 0.6 is 11.8 Å². The molecule has 0 heterocycles. The third kappa shape index (κ3) is 6.26. The van der Waals surface area contributed by atoms with Crippen molar-refractivity contribution in [3.05, 3.63) is 0 Å². The molecular weight excluding hydrogens is 288 g/mol. The molecule has 1 unspecified atom stereocenters. The number of hydrogen-bond acceptors (Lipinski definition) is 5. The highest BCUT2D eigenvalue weighted by Crippen LogP contribution is 2.26. The lowest BCUT2D eigenvalue weighted by Gasteiger charge is -2.33. The number of hydrogen-bond donors (Lipinski definition) is 1. The Kier molecular flexibility index (Phi) is 8.11. The van der Waals surface area contributed by atoms with Gasteiger partial charge in [0.15, 0.2) is 0 Å². The number of carbonyl (C=O) groups is 2. The molecule has 0 radical (unpaired) electrons. The number of thioether (sulfide) groups is 1. The van der Waals surface area contributed by atoms with Gasteiger partial charge in [0.05, 0.1) is 12.4 Å². The lowest BCUT2D eigenvalue weighted by atomic mass is 9.87. The number of nitrogens with two attached hydrogens (primary N) is 1. The van der Waals surface area contributed by atoms with Crippen molar-refractivity contribution in [2.75, 3.05) is 25.2 Å². The Morgan fingerprint density at radius 1 is 1.33 bits per heavy atom. The van der Waals surface area contributed by atoms with Crippen LogP contribution in [-0.4, -0.2) is 54.0 Å². The normalized spacial score (nSPS) is 23.4. The number of esters is 1. The summed E-state index contributed by atoms with van der Waals surface area (Å²) in [7, 11) is 1.88. The highest BCUT2D eigenvalue weighted by Gasteiger charge is 2.25. The van der Waals surface area contributed by atoms with Gasteiger partial charge in [-0.05, 0) is 38.5 Å². The first-order valence-electron chi connectivity index (χ1n) is 7.71. The van der Waals surface area contributed by atoms with Crippen LogP contribution in [-0.2, 0) is 14.3 Å². The molecule has 1 fully saturated rings. The van der Waals surface area contributed by atoms with Gasteiger partial charge in [-0.2, -0.15) is 0 Å². The fourth-order valence-electron chi connectivity index (χ4n) is 2.53. The Balaban J connectivity index is 2.25. The average Bonchev–Trinajstić information content (AvgIpc) is 2.47. The number of nitrogens with zero attached hydrogens (tertiary/aromatic N) is 1. The maximum Gasteiger partial charge on any atom is 0.323 e. The number of ether oxygens (including phenoxy) is 1. The summed E-state index contributed by atoms with van der Waals surface area (Å²) in [4.78, 5) is 25.4. The van der Waals surface area contributed by atoms with E-state index < -0.39 is 12.0 Å². The summed E-state index contributed by atoms with van der Waals surface area (Å²) in [5.74, 6) is 1.29. The van der Waals surface area contributed by atoms with Gasteiger partial charge in [0.25, 0.3) is 0 Å². The monoisotopic (exact) mass is 316 g/mol. The molecular formula is C15H28N2O3S. The number of amides is 1. The molecule has 0 aromatic rings. The van der Waals surface area contributed by atoms with Crippen LogP contribution in [0.1, 0.15) is 39.5 Å². The van der Waals surface area contributed by atoms with Crippen molar-refractivity contribution in [2.24, 2.45) is 11.7 Å². The predicted molar refractivity (Wildman–Crippen MR) is 86.1 cm³/mol. The molecule has 0 bridgehead atoms. The van der Waals surface area contributed by atoms with Crippen molar-refractivity contribution in [2.45, 2.75) is 51.6 Å². The second-order valence-corrected chi connectivity index (χ2v) is 6.82. The SMILES string of the molecule is CCOC(=O)C(N)CSCC(=O)N(C)C1CCC(C)CC1. The van der Waals surface area contributed by atoms with Crippen molar-refractivity contribution < 1.29 is 14.3 Å². The summed E-state index contributed by atoms with van der Waals surface area (Å²) >= 11 is 1.40. The van der Waals surface area contributed by atoms with Gasteiger partial charge in [-0.1, -0.05) is 6.92 Å². The van der Waals surface area contributed by atoms with Crippen LogP contribution in [0.3, 0.4) is 0 Å². The van der Waals surface area contributed by atoms with E-state index in [1.165, 1.54) is 24.6 Å². The van der Waals surface area contributed by atoms with Gasteiger partial charge in [-0.15, -0.1) is 11.8 Å². The molecule has 1 atom stereocenters. The Hall–Kier alpha value is -0.750. The molecule has 21 heavy (non-hydrogen) atoms. The minimum Gasteiger partial charge on any atom is -0.465 e. The largest absolute Gasteiger partial charge is 0.465 e. The minimum absolute atomic E-state index is 0.121. The molecule has 1 aliphatic carbocycles. The average molecular weight is 316 g/mol. The molecule has 1 saturated carbocycles. The quantitative estimate of drug-likeness (QED) is 0.723. The second kappa shape index (κ2) is 9.30.